The first-order chi connectivity index (χ1) is 12.2. The summed E-state index contributed by atoms with van der Waals surface area (Å²) in [7, 11) is 0. The Morgan fingerprint density at radius 1 is 1.20 bits per heavy atom. The predicted octanol–water partition coefficient (Wildman–Crippen LogP) is 3.29. The smallest absolute Gasteiger partial charge is 0.186 e. The summed E-state index contributed by atoms with van der Waals surface area (Å²) in [5.74, 6) is 0. The van der Waals surface area contributed by atoms with Crippen LogP contribution in [0.25, 0.3) is 0 Å². The Hall–Kier alpha value is -1.66. The average molecular weight is 363 g/mol. The molecule has 0 unspecified atom stereocenters. The highest BCUT2D eigenvalue weighted by atomic mass is 32.1. The van der Waals surface area contributed by atoms with Crippen LogP contribution < -0.4 is 15.6 Å². The summed E-state index contributed by atoms with van der Waals surface area (Å²) in [6.45, 7) is 8.59. The largest absolute Gasteiger partial charge is 0.382 e. The van der Waals surface area contributed by atoms with E-state index in [9.17, 15) is 0 Å². The van der Waals surface area contributed by atoms with Gasteiger partial charge in [0, 0.05) is 38.5 Å². The standard InChI is InChI=1S/C19H30N4OS/c1-3-24-15-7-12-20-19(25)22-21-16(2)17-8-10-18(11-9-17)23-13-5-4-6-14-23/h8-11H,3-7,12-15H2,1-2H3,(H2,20,22,25)/b21-16-. The zero-order valence-corrected chi connectivity index (χ0v) is 16.2. The summed E-state index contributed by atoms with van der Waals surface area (Å²) in [6.07, 6.45) is 4.87. The third-order valence-electron chi connectivity index (χ3n) is 4.29. The Morgan fingerprint density at radius 3 is 2.60 bits per heavy atom. The zero-order chi connectivity index (χ0) is 17.9. The molecule has 1 fully saturated rings. The number of nitrogens with zero attached hydrogens (tertiary/aromatic N) is 2. The molecule has 1 heterocycles. The predicted molar refractivity (Wildman–Crippen MR) is 110 cm³/mol. The Labute approximate surface area is 156 Å². The highest BCUT2D eigenvalue weighted by Gasteiger charge is 2.10. The molecule has 0 spiro atoms. The fraction of sp³-hybridized carbons (Fsp3) is 0.579. The number of piperidine rings is 1. The van der Waals surface area contributed by atoms with Crippen LogP contribution in [0.5, 0.6) is 0 Å². The molecule has 0 amide bonds. The molecular formula is C19H30N4OS. The van der Waals surface area contributed by atoms with Gasteiger partial charge >= 0.3 is 0 Å². The SMILES string of the molecule is CCOCCCNC(=S)N/N=C(/C)c1ccc(N2CCCCC2)cc1. The van der Waals surface area contributed by atoms with E-state index in [0.29, 0.717) is 5.11 Å². The van der Waals surface area contributed by atoms with Crippen LogP contribution >= 0.6 is 12.2 Å². The second-order valence-electron chi connectivity index (χ2n) is 6.21. The quantitative estimate of drug-likeness (QED) is 0.322. The van der Waals surface area contributed by atoms with Gasteiger partial charge in [0.15, 0.2) is 5.11 Å². The molecule has 1 aromatic carbocycles. The van der Waals surface area contributed by atoms with Crippen molar-refractivity contribution in [3.8, 4) is 0 Å². The number of rotatable bonds is 8. The summed E-state index contributed by atoms with van der Waals surface area (Å²) < 4.78 is 5.29. The number of hydrogen-bond acceptors (Lipinski definition) is 4. The summed E-state index contributed by atoms with van der Waals surface area (Å²) >= 11 is 5.23. The van der Waals surface area contributed by atoms with E-state index in [2.05, 4.69) is 45.0 Å². The summed E-state index contributed by atoms with van der Waals surface area (Å²) in [6, 6.07) is 8.62. The first kappa shape index (κ1) is 19.7. The Bertz CT molecular complexity index is 553. The van der Waals surface area contributed by atoms with Crippen LogP contribution in [0, 0.1) is 0 Å². The number of thiocarbonyl (C=S) groups is 1. The minimum atomic E-state index is 0.542. The molecule has 0 aliphatic carbocycles. The molecule has 1 aliphatic rings. The maximum atomic E-state index is 5.29. The van der Waals surface area contributed by atoms with Gasteiger partial charge in [-0.15, -0.1) is 0 Å². The van der Waals surface area contributed by atoms with Crippen molar-refractivity contribution in [2.75, 3.05) is 37.7 Å². The molecule has 1 saturated heterocycles. The number of benzene rings is 1. The van der Waals surface area contributed by atoms with Crippen LogP contribution in [-0.4, -0.2) is 43.7 Å². The molecule has 2 N–H and O–H groups in total. The highest BCUT2D eigenvalue weighted by molar-refractivity contribution is 7.80. The monoisotopic (exact) mass is 362 g/mol. The van der Waals surface area contributed by atoms with Crippen LogP contribution in [0.15, 0.2) is 29.4 Å². The van der Waals surface area contributed by atoms with E-state index in [1.54, 1.807) is 0 Å². The van der Waals surface area contributed by atoms with Gasteiger partial charge in [0.05, 0.1) is 5.71 Å². The van der Waals surface area contributed by atoms with E-state index in [-0.39, 0.29) is 0 Å². The van der Waals surface area contributed by atoms with Gasteiger partial charge in [-0.3, -0.25) is 5.43 Å². The fourth-order valence-electron chi connectivity index (χ4n) is 2.82. The first-order valence-corrected chi connectivity index (χ1v) is 9.63. The van der Waals surface area contributed by atoms with Crippen molar-refractivity contribution in [3.05, 3.63) is 29.8 Å². The van der Waals surface area contributed by atoms with Gasteiger partial charge in [-0.1, -0.05) is 12.1 Å². The summed E-state index contributed by atoms with van der Waals surface area (Å²) in [5, 5.41) is 8.04. The number of anilines is 1. The Balaban J connectivity index is 1.77. The lowest BCUT2D eigenvalue weighted by Gasteiger charge is -2.28. The van der Waals surface area contributed by atoms with Gasteiger partial charge in [0.2, 0.25) is 0 Å². The molecule has 1 aliphatic heterocycles. The van der Waals surface area contributed by atoms with Crippen molar-refractivity contribution in [3.63, 3.8) is 0 Å². The van der Waals surface area contributed by atoms with E-state index < -0.39 is 0 Å². The molecule has 0 radical (unpaired) electrons. The van der Waals surface area contributed by atoms with Gasteiger partial charge < -0.3 is 15.0 Å². The van der Waals surface area contributed by atoms with E-state index in [0.717, 1.165) is 50.5 Å². The molecule has 2 rings (SSSR count). The highest BCUT2D eigenvalue weighted by Crippen LogP contribution is 2.20. The number of ether oxygens (including phenoxy) is 1. The second kappa shape index (κ2) is 11.1. The lowest BCUT2D eigenvalue weighted by atomic mass is 10.1. The fourth-order valence-corrected chi connectivity index (χ4v) is 2.97. The van der Waals surface area contributed by atoms with Gasteiger partial charge in [0.1, 0.15) is 0 Å². The van der Waals surface area contributed by atoms with E-state index in [4.69, 9.17) is 17.0 Å². The topological polar surface area (TPSA) is 48.9 Å². The Morgan fingerprint density at radius 2 is 1.92 bits per heavy atom. The van der Waals surface area contributed by atoms with Crippen molar-refractivity contribution in [2.45, 2.75) is 39.5 Å². The lowest BCUT2D eigenvalue weighted by Crippen LogP contribution is -2.33. The van der Waals surface area contributed by atoms with E-state index in [1.807, 2.05) is 13.8 Å². The summed E-state index contributed by atoms with van der Waals surface area (Å²) in [5.41, 5.74) is 6.23. The van der Waals surface area contributed by atoms with Crippen molar-refractivity contribution < 1.29 is 4.74 Å². The third kappa shape index (κ3) is 7.00. The van der Waals surface area contributed by atoms with Crippen LogP contribution in [-0.2, 0) is 4.74 Å². The third-order valence-corrected chi connectivity index (χ3v) is 4.52. The van der Waals surface area contributed by atoms with Crippen molar-refractivity contribution in [2.24, 2.45) is 5.10 Å². The van der Waals surface area contributed by atoms with Crippen LogP contribution in [0.4, 0.5) is 5.69 Å². The van der Waals surface area contributed by atoms with Gasteiger partial charge in [-0.25, -0.2) is 0 Å². The second-order valence-corrected chi connectivity index (χ2v) is 6.62. The molecule has 6 heteroatoms. The maximum Gasteiger partial charge on any atom is 0.186 e. The van der Waals surface area contributed by atoms with Crippen LogP contribution in [0.1, 0.15) is 45.1 Å². The normalized spacial score (nSPS) is 15.1. The molecule has 0 saturated carbocycles. The summed E-state index contributed by atoms with van der Waals surface area (Å²) in [4.78, 5) is 2.46. The van der Waals surface area contributed by atoms with Gasteiger partial charge in [0.25, 0.3) is 0 Å². The van der Waals surface area contributed by atoms with E-state index >= 15 is 0 Å². The molecule has 1 aromatic rings. The van der Waals surface area contributed by atoms with Crippen molar-refractivity contribution >= 4 is 28.7 Å². The number of hydrazone groups is 1. The minimum Gasteiger partial charge on any atom is -0.382 e. The molecule has 0 atom stereocenters. The lowest BCUT2D eigenvalue weighted by molar-refractivity contribution is 0.145. The molecular weight excluding hydrogens is 332 g/mol. The molecule has 138 valence electrons. The van der Waals surface area contributed by atoms with Crippen LogP contribution in [0.2, 0.25) is 0 Å². The minimum absolute atomic E-state index is 0.542. The molecule has 0 aromatic heterocycles. The van der Waals surface area contributed by atoms with Gasteiger partial charge in [-0.05, 0) is 69.4 Å². The van der Waals surface area contributed by atoms with Crippen LogP contribution in [0.3, 0.4) is 0 Å². The zero-order valence-electron chi connectivity index (χ0n) is 15.4. The van der Waals surface area contributed by atoms with Gasteiger partial charge in [-0.2, -0.15) is 5.10 Å². The Kier molecular flexibility index (Phi) is 8.69. The van der Waals surface area contributed by atoms with Crippen molar-refractivity contribution in [1.82, 2.24) is 10.7 Å². The van der Waals surface area contributed by atoms with Crippen molar-refractivity contribution in [1.29, 1.82) is 0 Å². The maximum absolute atomic E-state index is 5.29. The average Bonchev–Trinajstić information content (AvgIpc) is 2.67. The number of nitrogens with one attached hydrogen (secondary N) is 2. The van der Waals surface area contributed by atoms with E-state index in [1.165, 1.54) is 24.9 Å². The first-order valence-electron chi connectivity index (χ1n) is 9.22. The molecule has 5 nitrogen and oxygen atoms in total. The molecule has 0 bridgehead atoms. The molecule has 25 heavy (non-hydrogen) atoms. The number of hydrogen-bond donors (Lipinski definition) is 2.